The van der Waals surface area contributed by atoms with E-state index >= 15 is 0 Å². The van der Waals surface area contributed by atoms with Gasteiger partial charge in [0.25, 0.3) is 0 Å². The second-order valence-electron chi connectivity index (χ2n) is 2.73. The fraction of sp³-hybridized carbons (Fsp3) is 0.875. The molecule has 1 atom stereocenters. The minimum Gasteiger partial charge on any atom is -0.322 e. The summed E-state index contributed by atoms with van der Waals surface area (Å²) in [5, 5.41) is 0. The summed E-state index contributed by atoms with van der Waals surface area (Å²) in [6, 6.07) is -0.244. The molecule has 0 rings (SSSR count). The summed E-state index contributed by atoms with van der Waals surface area (Å²) in [6.45, 7) is 0. The first kappa shape index (κ1) is 11.0. The van der Waals surface area contributed by atoms with Crippen molar-refractivity contribution < 1.29 is 4.79 Å². The topological polar surface area (TPSA) is 43.1 Å². The Morgan fingerprint density at radius 1 is 1.27 bits per heavy atom. The molecular formula is C8H17NOS. The average molecular weight is 175 g/mol. The fourth-order valence-electron chi connectivity index (χ4n) is 0.913. The van der Waals surface area contributed by atoms with Crippen LogP contribution in [0.2, 0.25) is 0 Å². The van der Waals surface area contributed by atoms with Gasteiger partial charge in [-0.25, -0.2) is 0 Å². The zero-order valence-electron chi connectivity index (χ0n) is 6.83. The summed E-state index contributed by atoms with van der Waals surface area (Å²) >= 11 is 4.10. The highest BCUT2D eigenvalue weighted by Crippen LogP contribution is 2.04. The quantitative estimate of drug-likeness (QED) is 0.349. The third-order valence-electron chi connectivity index (χ3n) is 1.62. The van der Waals surface area contributed by atoms with Crippen LogP contribution < -0.4 is 5.73 Å². The minimum atomic E-state index is -0.244. The Hall–Kier alpha value is -0.0200. The van der Waals surface area contributed by atoms with Gasteiger partial charge in [-0.2, -0.15) is 12.6 Å². The Morgan fingerprint density at radius 2 is 1.91 bits per heavy atom. The van der Waals surface area contributed by atoms with E-state index in [1.165, 1.54) is 19.3 Å². The predicted molar refractivity (Wildman–Crippen MR) is 51.0 cm³/mol. The number of aldehydes is 1. The Labute approximate surface area is 74.0 Å². The van der Waals surface area contributed by atoms with Crippen molar-refractivity contribution >= 4 is 18.9 Å². The van der Waals surface area contributed by atoms with Crippen molar-refractivity contribution in [3.05, 3.63) is 0 Å². The maximum Gasteiger partial charge on any atom is 0.136 e. The second-order valence-corrected chi connectivity index (χ2v) is 3.17. The molecule has 0 radical (unpaired) electrons. The molecule has 0 aromatic rings. The van der Waals surface area contributed by atoms with Crippen molar-refractivity contribution in [2.45, 2.75) is 38.1 Å². The van der Waals surface area contributed by atoms with Crippen LogP contribution in [0, 0.1) is 0 Å². The SMILES string of the molecule is N[C@H](C=O)CCCCCCS. The van der Waals surface area contributed by atoms with Crippen LogP contribution in [0.1, 0.15) is 32.1 Å². The number of unbranched alkanes of at least 4 members (excludes halogenated alkanes) is 3. The molecule has 66 valence electrons. The van der Waals surface area contributed by atoms with E-state index in [0.717, 1.165) is 24.9 Å². The summed E-state index contributed by atoms with van der Waals surface area (Å²) in [7, 11) is 0. The fourth-order valence-corrected chi connectivity index (χ4v) is 1.14. The van der Waals surface area contributed by atoms with Crippen LogP contribution in [0.25, 0.3) is 0 Å². The van der Waals surface area contributed by atoms with E-state index in [9.17, 15) is 4.79 Å². The third kappa shape index (κ3) is 7.88. The molecule has 2 N–H and O–H groups in total. The lowest BCUT2D eigenvalue weighted by molar-refractivity contribution is -0.109. The number of rotatable bonds is 7. The Bertz CT molecular complexity index is 98.1. The van der Waals surface area contributed by atoms with Crippen LogP contribution in [0.5, 0.6) is 0 Å². The molecule has 0 aromatic carbocycles. The van der Waals surface area contributed by atoms with Gasteiger partial charge < -0.3 is 10.5 Å². The first-order valence-corrected chi connectivity index (χ1v) is 4.76. The van der Waals surface area contributed by atoms with Crippen molar-refractivity contribution in [3.8, 4) is 0 Å². The first-order valence-electron chi connectivity index (χ1n) is 4.13. The van der Waals surface area contributed by atoms with E-state index in [4.69, 9.17) is 5.73 Å². The van der Waals surface area contributed by atoms with Crippen LogP contribution in [-0.4, -0.2) is 18.1 Å². The lowest BCUT2D eigenvalue weighted by atomic mass is 10.1. The molecule has 0 fully saturated rings. The first-order chi connectivity index (χ1) is 5.31. The van der Waals surface area contributed by atoms with Gasteiger partial charge in [0, 0.05) is 0 Å². The van der Waals surface area contributed by atoms with Gasteiger partial charge in [-0.1, -0.05) is 19.3 Å². The van der Waals surface area contributed by atoms with E-state index in [0.29, 0.717) is 0 Å². The molecule has 0 amide bonds. The summed E-state index contributed by atoms with van der Waals surface area (Å²) < 4.78 is 0. The lowest BCUT2D eigenvalue weighted by Crippen LogP contribution is -2.20. The highest BCUT2D eigenvalue weighted by atomic mass is 32.1. The number of carbonyl (C=O) groups is 1. The van der Waals surface area contributed by atoms with E-state index < -0.39 is 0 Å². The second kappa shape index (κ2) is 8.08. The van der Waals surface area contributed by atoms with Gasteiger partial charge >= 0.3 is 0 Å². The number of nitrogens with two attached hydrogens (primary N) is 1. The molecule has 2 nitrogen and oxygen atoms in total. The summed E-state index contributed by atoms with van der Waals surface area (Å²) in [5.41, 5.74) is 5.40. The van der Waals surface area contributed by atoms with Gasteiger partial charge in [0.1, 0.15) is 6.29 Å². The summed E-state index contributed by atoms with van der Waals surface area (Å²) in [6.07, 6.45) is 6.25. The average Bonchev–Trinajstić information content (AvgIpc) is 2.04. The number of thiol groups is 1. The maximum atomic E-state index is 10.1. The molecule has 0 heterocycles. The van der Waals surface area contributed by atoms with E-state index in [1.807, 2.05) is 0 Å². The molecule has 0 saturated carbocycles. The number of hydrogen-bond donors (Lipinski definition) is 2. The molecule has 0 aliphatic heterocycles. The van der Waals surface area contributed by atoms with Crippen molar-refractivity contribution in [2.75, 3.05) is 5.75 Å². The summed E-state index contributed by atoms with van der Waals surface area (Å²) in [4.78, 5) is 10.1. The van der Waals surface area contributed by atoms with Gasteiger partial charge in [-0.15, -0.1) is 0 Å². The maximum absolute atomic E-state index is 10.1. The van der Waals surface area contributed by atoms with Gasteiger partial charge in [0.05, 0.1) is 6.04 Å². The van der Waals surface area contributed by atoms with Crippen molar-refractivity contribution in [3.63, 3.8) is 0 Å². The Balaban J connectivity index is 2.95. The normalized spacial score (nSPS) is 12.9. The highest BCUT2D eigenvalue weighted by molar-refractivity contribution is 7.80. The Kier molecular flexibility index (Phi) is 8.07. The molecule has 0 saturated heterocycles. The van der Waals surface area contributed by atoms with Crippen LogP contribution in [-0.2, 0) is 4.79 Å². The zero-order chi connectivity index (χ0) is 8.53. The number of carbonyl (C=O) groups excluding carboxylic acids is 1. The minimum absolute atomic E-state index is 0.244. The molecule has 0 aliphatic carbocycles. The zero-order valence-corrected chi connectivity index (χ0v) is 7.72. The third-order valence-corrected chi connectivity index (χ3v) is 1.94. The van der Waals surface area contributed by atoms with Crippen LogP contribution >= 0.6 is 12.6 Å². The van der Waals surface area contributed by atoms with E-state index in [2.05, 4.69) is 12.6 Å². The van der Waals surface area contributed by atoms with Crippen LogP contribution in [0.4, 0.5) is 0 Å². The van der Waals surface area contributed by atoms with Crippen LogP contribution in [0.3, 0.4) is 0 Å². The molecule has 0 aliphatic rings. The molecule has 0 spiro atoms. The number of hydrogen-bond acceptors (Lipinski definition) is 3. The molecule has 0 bridgehead atoms. The van der Waals surface area contributed by atoms with Gasteiger partial charge in [0.2, 0.25) is 0 Å². The van der Waals surface area contributed by atoms with Crippen molar-refractivity contribution in [1.82, 2.24) is 0 Å². The molecule has 0 unspecified atom stereocenters. The smallest absolute Gasteiger partial charge is 0.136 e. The van der Waals surface area contributed by atoms with E-state index in [1.54, 1.807) is 0 Å². The predicted octanol–water partition coefficient (Wildman–Crippen LogP) is 1.39. The van der Waals surface area contributed by atoms with Crippen molar-refractivity contribution in [1.29, 1.82) is 0 Å². The molecular weight excluding hydrogens is 158 g/mol. The molecule has 11 heavy (non-hydrogen) atoms. The Morgan fingerprint density at radius 3 is 2.45 bits per heavy atom. The monoisotopic (exact) mass is 175 g/mol. The highest BCUT2D eigenvalue weighted by Gasteiger charge is 1.97. The van der Waals surface area contributed by atoms with Crippen molar-refractivity contribution in [2.24, 2.45) is 5.73 Å². The molecule has 0 aromatic heterocycles. The lowest BCUT2D eigenvalue weighted by Gasteiger charge is -2.02. The standard InChI is InChI=1S/C8H17NOS/c9-8(7-10)5-3-1-2-4-6-11/h7-8,11H,1-6,9H2/t8-/m0/s1. The van der Waals surface area contributed by atoms with Gasteiger partial charge in [-0.3, -0.25) is 0 Å². The van der Waals surface area contributed by atoms with Crippen LogP contribution in [0.15, 0.2) is 0 Å². The van der Waals surface area contributed by atoms with E-state index in [-0.39, 0.29) is 6.04 Å². The van der Waals surface area contributed by atoms with Gasteiger partial charge in [0.15, 0.2) is 0 Å². The molecule has 3 heteroatoms. The largest absolute Gasteiger partial charge is 0.322 e. The summed E-state index contributed by atoms with van der Waals surface area (Å²) in [5.74, 6) is 0.958. The van der Waals surface area contributed by atoms with Gasteiger partial charge in [-0.05, 0) is 18.6 Å².